The molecule has 0 unspecified atom stereocenters. The van der Waals surface area contributed by atoms with Gasteiger partial charge in [0.05, 0.1) is 12.7 Å². The SMILES string of the molecule is COC(=O)c1ccc(-c2ccc(C=CC(=O)O)cc2)cc1. The Kier molecular flexibility index (Phi) is 4.51. The Morgan fingerprint density at radius 2 is 1.48 bits per heavy atom. The highest BCUT2D eigenvalue weighted by molar-refractivity contribution is 5.90. The van der Waals surface area contributed by atoms with Crippen molar-refractivity contribution in [3.8, 4) is 11.1 Å². The smallest absolute Gasteiger partial charge is 0.337 e. The number of hydrogen-bond donors (Lipinski definition) is 1. The summed E-state index contributed by atoms with van der Waals surface area (Å²) in [6.45, 7) is 0. The topological polar surface area (TPSA) is 63.6 Å². The van der Waals surface area contributed by atoms with Gasteiger partial charge >= 0.3 is 11.9 Å². The number of ether oxygens (including phenoxy) is 1. The maximum Gasteiger partial charge on any atom is 0.337 e. The van der Waals surface area contributed by atoms with Gasteiger partial charge in [0.25, 0.3) is 0 Å². The first kappa shape index (κ1) is 14.5. The summed E-state index contributed by atoms with van der Waals surface area (Å²) >= 11 is 0. The van der Waals surface area contributed by atoms with Crippen LogP contribution in [-0.4, -0.2) is 24.2 Å². The van der Waals surface area contributed by atoms with E-state index in [1.165, 1.54) is 13.2 Å². The van der Waals surface area contributed by atoms with E-state index in [4.69, 9.17) is 5.11 Å². The van der Waals surface area contributed by atoms with Crippen molar-refractivity contribution in [2.45, 2.75) is 0 Å². The molecule has 0 heterocycles. The molecule has 0 amide bonds. The number of carbonyl (C=O) groups excluding carboxylic acids is 1. The van der Waals surface area contributed by atoms with Crippen LogP contribution in [0.4, 0.5) is 0 Å². The average molecular weight is 282 g/mol. The molecule has 0 fully saturated rings. The summed E-state index contributed by atoms with van der Waals surface area (Å²) < 4.78 is 4.65. The number of carboxylic acids is 1. The van der Waals surface area contributed by atoms with Crippen LogP contribution in [-0.2, 0) is 9.53 Å². The molecule has 0 aliphatic heterocycles. The van der Waals surface area contributed by atoms with Gasteiger partial charge in [-0.15, -0.1) is 0 Å². The maximum atomic E-state index is 11.4. The molecule has 0 aliphatic rings. The summed E-state index contributed by atoms with van der Waals surface area (Å²) in [5.74, 6) is -1.34. The summed E-state index contributed by atoms with van der Waals surface area (Å²) in [5.41, 5.74) is 3.27. The van der Waals surface area contributed by atoms with E-state index in [0.29, 0.717) is 5.56 Å². The number of aliphatic carboxylic acids is 1. The Balaban J connectivity index is 2.19. The number of carboxylic acid groups (broad SMARTS) is 1. The van der Waals surface area contributed by atoms with Crippen LogP contribution in [0.25, 0.3) is 17.2 Å². The Morgan fingerprint density at radius 1 is 0.952 bits per heavy atom. The van der Waals surface area contributed by atoms with Gasteiger partial charge in [-0.3, -0.25) is 0 Å². The number of methoxy groups -OCH3 is 1. The number of rotatable bonds is 4. The summed E-state index contributed by atoms with van der Waals surface area (Å²) in [4.78, 5) is 21.8. The van der Waals surface area contributed by atoms with Gasteiger partial charge in [0, 0.05) is 6.08 Å². The third-order valence-electron chi connectivity index (χ3n) is 2.97. The Hall–Kier alpha value is -2.88. The molecule has 0 saturated carbocycles. The number of esters is 1. The molecule has 106 valence electrons. The number of hydrogen-bond acceptors (Lipinski definition) is 3. The molecule has 1 N–H and O–H groups in total. The van der Waals surface area contributed by atoms with Crippen LogP contribution < -0.4 is 0 Å². The van der Waals surface area contributed by atoms with E-state index in [1.807, 2.05) is 36.4 Å². The molecule has 4 nitrogen and oxygen atoms in total. The second kappa shape index (κ2) is 6.52. The second-order valence-electron chi connectivity index (χ2n) is 4.36. The van der Waals surface area contributed by atoms with Gasteiger partial charge in [-0.2, -0.15) is 0 Å². The van der Waals surface area contributed by atoms with Crippen LogP contribution in [0.3, 0.4) is 0 Å². The van der Waals surface area contributed by atoms with Crippen molar-refractivity contribution in [2.75, 3.05) is 7.11 Å². The van der Waals surface area contributed by atoms with Crippen LogP contribution in [0.2, 0.25) is 0 Å². The molecule has 0 radical (unpaired) electrons. The van der Waals surface area contributed by atoms with Crippen molar-refractivity contribution in [2.24, 2.45) is 0 Å². The van der Waals surface area contributed by atoms with Crippen molar-refractivity contribution in [1.29, 1.82) is 0 Å². The second-order valence-corrected chi connectivity index (χ2v) is 4.36. The fraction of sp³-hybridized carbons (Fsp3) is 0.0588. The molecule has 2 rings (SSSR count). The molecule has 0 bridgehead atoms. The lowest BCUT2D eigenvalue weighted by Crippen LogP contribution is -2.00. The highest BCUT2D eigenvalue weighted by Crippen LogP contribution is 2.21. The number of carbonyl (C=O) groups is 2. The van der Waals surface area contributed by atoms with E-state index in [1.54, 1.807) is 12.1 Å². The van der Waals surface area contributed by atoms with Gasteiger partial charge in [0.15, 0.2) is 0 Å². The average Bonchev–Trinajstić information content (AvgIpc) is 2.53. The van der Waals surface area contributed by atoms with Crippen LogP contribution >= 0.6 is 0 Å². The lowest BCUT2D eigenvalue weighted by atomic mass is 10.0. The largest absolute Gasteiger partial charge is 0.478 e. The summed E-state index contributed by atoms with van der Waals surface area (Å²) in [7, 11) is 1.35. The van der Waals surface area contributed by atoms with Gasteiger partial charge in [0.1, 0.15) is 0 Å². The molecular weight excluding hydrogens is 268 g/mol. The molecular formula is C17H14O4. The summed E-state index contributed by atoms with van der Waals surface area (Å²) in [6, 6.07) is 14.6. The van der Waals surface area contributed by atoms with Crippen molar-refractivity contribution in [3.63, 3.8) is 0 Å². The minimum Gasteiger partial charge on any atom is -0.478 e. The standard InChI is InChI=1S/C17H14O4/c1-21-17(20)15-9-7-14(8-10-15)13-5-2-12(3-6-13)4-11-16(18)19/h2-11H,1H3,(H,18,19). The van der Waals surface area contributed by atoms with Gasteiger partial charge in [0.2, 0.25) is 0 Å². The zero-order chi connectivity index (χ0) is 15.2. The van der Waals surface area contributed by atoms with E-state index >= 15 is 0 Å². The van der Waals surface area contributed by atoms with Crippen molar-refractivity contribution in [3.05, 3.63) is 65.7 Å². The van der Waals surface area contributed by atoms with E-state index < -0.39 is 5.97 Å². The number of benzene rings is 2. The normalized spacial score (nSPS) is 10.5. The third-order valence-corrected chi connectivity index (χ3v) is 2.97. The van der Waals surface area contributed by atoms with E-state index in [9.17, 15) is 9.59 Å². The third kappa shape index (κ3) is 3.79. The van der Waals surface area contributed by atoms with E-state index in [-0.39, 0.29) is 5.97 Å². The van der Waals surface area contributed by atoms with Crippen LogP contribution in [0.15, 0.2) is 54.6 Å². The molecule has 0 aliphatic carbocycles. The zero-order valence-electron chi connectivity index (χ0n) is 11.4. The van der Waals surface area contributed by atoms with Crippen molar-refractivity contribution < 1.29 is 19.4 Å². The van der Waals surface area contributed by atoms with E-state index in [0.717, 1.165) is 22.8 Å². The summed E-state index contributed by atoms with van der Waals surface area (Å²) in [5, 5.41) is 8.57. The molecule has 0 aromatic heterocycles. The highest BCUT2D eigenvalue weighted by Gasteiger charge is 2.05. The molecule has 0 atom stereocenters. The van der Waals surface area contributed by atoms with Crippen molar-refractivity contribution >= 4 is 18.0 Å². The lowest BCUT2D eigenvalue weighted by Gasteiger charge is -2.04. The van der Waals surface area contributed by atoms with Gasteiger partial charge in [-0.25, -0.2) is 9.59 Å². The molecule has 4 heteroatoms. The monoisotopic (exact) mass is 282 g/mol. The Bertz CT molecular complexity index is 667. The fourth-order valence-corrected chi connectivity index (χ4v) is 1.87. The minimum absolute atomic E-state index is 0.365. The van der Waals surface area contributed by atoms with Gasteiger partial charge in [-0.05, 0) is 34.9 Å². The molecule has 0 spiro atoms. The first-order valence-electron chi connectivity index (χ1n) is 6.30. The minimum atomic E-state index is -0.975. The van der Waals surface area contributed by atoms with Crippen molar-refractivity contribution in [1.82, 2.24) is 0 Å². The molecule has 2 aromatic carbocycles. The quantitative estimate of drug-likeness (QED) is 0.690. The first-order chi connectivity index (χ1) is 10.1. The van der Waals surface area contributed by atoms with E-state index in [2.05, 4.69) is 4.74 Å². The van der Waals surface area contributed by atoms with Gasteiger partial charge < -0.3 is 9.84 Å². The van der Waals surface area contributed by atoms with Gasteiger partial charge in [-0.1, -0.05) is 36.4 Å². The first-order valence-corrected chi connectivity index (χ1v) is 6.30. The Morgan fingerprint density at radius 3 is 1.95 bits per heavy atom. The molecule has 2 aromatic rings. The lowest BCUT2D eigenvalue weighted by molar-refractivity contribution is -0.131. The van der Waals surface area contributed by atoms with Crippen LogP contribution in [0.1, 0.15) is 15.9 Å². The summed E-state index contributed by atoms with van der Waals surface area (Å²) in [6.07, 6.45) is 2.63. The molecule has 21 heavy (non-hydrogen) atoms. The zero-order valence-corrected chi connectivity index (χ0v) is 11.4. The van der Waals surface area contributed by atoms with Crippen LogP contribution in [0, 0.1) is 0 Å². The fourth-order valence-electron chi connectivity index (χ4n) is 1.87. The molecule has 0 saturated heterocycles. The predicted molar refractivity (Wildman–Crippen MR) is 79.9 cm³/mol. The predicted octanol–water partition coefficient (Wildman–Crippen LogP) is 3.24. The maximum absolute atomic E-state index is 11.4. The highest BCUT2D eigenvalue weighted by atomic mass is 16.5. The Labute approximate surface area is 122 Å². The van der Waals surface area contributed by atoms with Crippen LogP contribution in [0.5, 0.6) is 0 Å².